The van der Waals surface area contributed by atoms with Gasteiger partial charge in [-0.05, 0) is 62.4 Å². The van der Waals surface area contributed by atoms with Crippen LogP contribution < -0.4 is 4.72 Å². The highest BCUT2D eigenvalue weighted by atomic mass is 32.2. The van der Waals surface area contributed by atoms with E-state index in [1.54, 1.807) is 12.4 Å². The van der Waals surface area contributed by atoms with Gasteiger partial charge in [0.25, 0.3) is 0 Å². The third kappa shape index (κ3) is 2.87. The first-order valence-electron chi connectivity index (χ1n) is 6.80. The van der Waals surface area contributed by atoms with Crippen LogP contribution in [0, 0.1) is 34.6 Å². The summed E-state index contributed by atoms with van der Waals surface area (Å²) >= 11 is 0. The van der Waals surface area contributed by atoms with Crippen LogP contribution in [-0.4, -0.2) is 18.4 Å². The molecule has 6 heteroatoms. The average molecular weight is 307 g/mol. The Morgan fingerprint density at radius 2 is 1.52 bits per heavy atom. The van der Waals surface area contributed by atoms with E-state index in [1.807, 2.05) is 34.6 Å². The predicted octanol–water partition coefficient (Wildman–Crippen LogP) is 2.43. The Kier molecular flexibility index (Phi) is 4.20. The topological polar surface area (TPSA) is 74.8 Å². The van der Waals surface area contributed by atoms with Crippen molar-refractivity contribution in [3.63, 3.8) is 0 Å². The number of imidazole rings is 1. The first-order valence-corrected chi connectivity index (χ1v) is 8.29. The lowest BCUT2D eigenvalue weighted by Gasteiger charge is -2.18. The van der Waals surface area contributed by atoms with Crippen molar-refractivity contribution in [2.75, 3.05) is 0 Å². The van der Waals surface area contributed by atoms with Crippen molar-refractivity contribution in [3.8, 4) is 0 Å². The van der Waals surface area contributed by atoms with Gasteiger partial charge in [-0.1, -0.05) is 0 Å². The SMILES string of the molecule is Cc1c(C)c(C)c(S(=O)(=O)NCc2ncc[nH]2)c(C)c1C. The molecule has 2 aromatic rings. The van der Waals surface area contributed by atoms with E-state index in [4.69, 9.17) is 0 Å². The second kappa shape index (κ2) is 5.61. The Morgan fingerprint density at radius 3 is 2.00 bits per heavy atom. The maximum Gasteiger partial charge on any atom is 0.241 e. The highest BCUT2D eigenvalue weighted by molar-refractivity contribution is 7.89. The second-order valence-electron chi connectivity index (χ2n) is 5.31. The number of sulfonamides is 1. The van der Waals surface area contributed by atoms with E-state index in [1.165, 1.54) is 0 Å². The summed E-state index contributed by atoms with van der Waals surface area (Å²) in [4.78, 5) is 7.29. The van der Waals surface area contributed by atoms with E-state index in [0.717, 1.165) is 27.8 Å². The Bertz CT molecular complexity index is 734. The first kappa shape index (κ1) is 15.7. The molecular weight excluding hydrogens is 286 g/mol. The third-order valence-corrected chi connectivity index (χ3v) is 5.86. The number of aromatic amines is 1. The van der Waals surface area contributed by atoms with Gasteiger partial charge in [-0.15, -0.1) is 0 Å². The summed E-state index contributed by atoms with van der Waals surface area (Å²) in [5.41, 5.74) is 4.81. The third-order valence-electron chi connectivity index (χ3n) is 4.18. The molecule has 21 heavy (non-hydrogen) atoms. The number of nitrogens with one attached hydrogen (secondary N) is 2. The van der Waals surface area contributed by atoms with Crippen LogP contribution in [-0.2, 0) is 16.6 Å². The molecule has 0 aliphatic rings. The molecule has 0 spiro atoms. The van der Waals surface area contributed by atoms with Gasteiger partial charge in [0.1, 0.15) is 5.82 Å². The summed E-state index contributed by atoms with van der Waals surface area (Å²) in [5, 5.41) is 0. The number of benzene rings is 1. The van der Waals surface area contributed by atoms with E-state index in [0.29, 0.717) is 10.7 Å². The van der Waals surface area contributed by atoms with Crippen molar-refractivity contribution in [1.29, 1.82) is 0 Å². The van der Waals surface area contributed by atoms with Crippen LogP contribution in [0.5, 0.6) is 0 Å². The smallest absolute Gasteiger partial charge is 0.241 e. The summed E-state index contributed by atoms with van der Waals surface area (Å²) in [6.45, 7) is 9.81. The van der Waals surface area contributed by atoms with Gasteiger partial charge < -0.3 is 4.98 Å². The van der Waals surface area contributed by atoms with Gasteiger partial charge in [-0.3, -0.25) is 0 Å². The molecule has 0 unspecified atom stereocenters. The number of nitrogens with zero attached hydrogens (tertiary/aromatic N) is 1. The van der Waals surface area contributed by atoms with Gasteiger partial charge in [-0.2, -0.15) is 0 Å². The molecule has 0 aliphatic heterocycles. The molecule has 1 aromatic heterocycles. The summed E-state index contributed by atoms with van der Waals surface area (Å²) in [6, 6.07) is 0. The lowest BCUT2D eigenvalue weighted by molar-refractivity contribution is 0.578. The van der Waals surface area contributed by atoms with Crippen LogP contribution >= 0.6 is 0 Å². The van der Waals surface area contributed by atoms with Gasteiger partial charge in [0, 0.05) is 12.4 Å². The van der Waals surface area contributed by atoms with Crippen LogP contribution in [0.1, 0.15) is 33.6 Å². The molecule has 2 N–H and O–H groups in total. The fraction of sp³-hybridized carbons (Fsp3) is 0.400. The van der Waals surface area contributed by atoms with Gasteiger partial charge in [0.15, 0.2) is 0 Å². The average Bonchev–Trinajstić information content (AvgIpc) is 2.94. The van der Waals surface area contributed by atoms with Crippen LogP contribution in [0.15, 0.2) is 17.3 Å². The molecule has 2 rings (SSSR count). The number of aromatic nitrogens is 2. The molecule has 0 saturated heterocycles. The fourth-order valence-electron chi connectivity index (χ4n) is 2.50. The zero-order chi connectivity index (χ0) is 15.8. The minimum Gasteiger partial charge on any atom is -0.347 e. The molecular formula is C15H21N3O2S. The number of hydrogen-bond acceptors (Lipinski definition) is 3. The normalized spacial score (nSPS) is 11.9. The van der Waals surface area contributed by atoms with E-state index in [9.17, 15) is 8.42 Å². The molecule has 0 atom stereocenters. The van der Waals surface area contributed by atoms with E-state index in [-0.39, 0.29) is 6.54 Å². The van der Waals surface area contributed by atoms with Gasteiger partial charge in [-0.25, -0.2) is 18.1 Å². The number of H-pyrrole nitrogens is 1. The molecule has 0 saturated carbocycles. The Morgan fingerprint density at radius 1 is 1.00 bits per heavy atom. The predicted molar refractivity (Wildman–Crippen MR) is 82.7 cm³/mol. The molecule has 114 valence electrons. The van der Waals surface area contributed by atoms with Crippen molar-refractivity contribution in [3.05, 3.63) is 46.0 Å². The lowest BCUT2D eigenvalue weighted by atomic mass is 9.95. The number of rotatable bonds is 4. The molecule has 1 heterocycles. The quantitative estimate of drug-likeness (QED) is 0.911. The van der Waals surface area contributed by atoms with Crippen LogP contribution in [0.3, 0.4) is 0 Å². The van der Waals surface area contributed by atoms with Crippen molar-refractivity contribution in [2.24, 2.45) is 0 Å². The minimum atomic E-state index is -3.57. The van der Waals surface area contributed by atoms with E-state index < -0.39 is 10.0 Å². The zero-order valence-electron chi connectivity index (χ0n) is 13.0. The number of hydrogen-bond donors (Lipinski definition) is 2. The molecule has 0 amide bonds. The summed E-state index contributed by atoms with van der Waals surface area (Å²) < 4.78 is 27.9. The van der Waals surface area contributed by atoms with Gasteiger partial charge >= 0.3 is 0 Å². The molecule has 0 fully saturated rings. The molecule has 5 nitrogen and oxygen atoms in total. The Hall–Kier alpha value is -1.66. The zero-order valence-corrected chi connectivity index (χ0v) is 13.9. The van der Waals surface area contributed by atoms with Crippen molar-refractivity contribution in [2.45, 2.75) is 46.1 Å². The van der Waals surface area contributed by atoms with Crippen LogP contribution in [0.25, 0.3) is 0 Å². The monoisotopic (exact) mass is 307 g/mol. The second-order valence-corrected chi connectivity index (χ2v) is 7.02. The first-order chi connectivity index (χ1) is 9.75. The van der Waals surface area contributed by atoms with Crippen LogP contribution in [0.4, 0.5) is 0 Å². The van der Waals surface area contributed by atoms with Gasteiger partial charge in [0.2, 0.25) is 10.0 Å². The fourth-order valence-corrected chi connectivity index (χ4v) is 4.08. The lowest BCUT2D eigenvalue weighted by Crippen LogP contribution is -2.26. The summed E-state index contributed by atoms with van der Waals surface area (Å²) in [7, 11) is -3.57. The summed E-state index contributed by atoms with van der Waals surface area (Å²) in [5.74, 6) is 0.592. The molecule has 0 bridgehead atoms. The largest absolute Gasteiger partial charge is 0.347 e. The van der Waals surface area contributed by atoms with Crippen molar-refractivity contribution >= 4 is 10.0 Å². The molecule has 0 radical (unpaired) electrons. The Balaban J connectivity index is 2.45. The standard InChI is InChI=1S/C15H21N3O2S/c1-9-10(2)12(4)15(13(5)11(9)3)21(19,20)18-8-14-16-6-7-17-14/h6-7,18H,8H2,1-5H3,(H,16,17). The maximum atomic E-state index is 12.6. The van der Waals surface area contributed by atoms with Crippen molar-refractivity contribution in [1.82, 2.24) is 14.7 Å². The maximum absolute atomic E-state index is 12.6. The Labute approximate surface area is 125 Å². The van der Waals surface area contributed by atoms with E-state index >= 15 is 0 Å². The van der Waals surface area contributed by atoms with E-state index in [2.05, 4.69) is 14.7 Å². The molecule has 1 aromatic carbocycles. The van der Waals surface area contributed by atoms with Gasteiger partial charge in [0.05, 0.1) is 11.4 Å². The van der Waals surface area contributed by atoms with Crippen LogP contribution in [0.2, 0.25) is 0 Å². The highest BCUT2D eigenvalue weighted by Gasteiger charge is 2.23. The summed E-state index contributed by atoms with van der Waals surface area (Å²) in [6.07, 6.45) is 3.26. The minimum absolute atomic E-state index is 0.153. The van der Waals surface area contributed by atoms with Crippen molar-refractivity contribution < 1.29 is 8.42 Å². The molecule has 0 aliphatic carbocycles. The highest BCUT2D eigenvalue weighted by Crippen LogP contribution is 2.29.